The number of fused-ring (bicyclic) bond motifs is 2. The summed E-state index contributed by atoms with van der Waals surface area (Å²) in [7, 11) is 0. The van der Waals surface area contributed by atoms with Crippen LogP contribution >= 0.6 is 0 Å². The van der Waals surface area contributed by atoms with Gasteiger partial charge in [0.1, 0.15) is 0 Å². The maximum atomic E-state index is 2.40. The van der Waals surface area contributed by atoms with Crippen molar-refractivity contribution in [3.63, 3.8) is 0 Å². The normalized spacial score (nSPS) is 11.3. The van der Waals surface area contributed by atoms with Crippen molar-refractivity contribution in [2.24, 2.45) is 0 Å². The molecular formula is C63H44. The fraction of sp³-hybridized carbons (Fsp3) is 0.0159. The highest BCUT2D eigenvalue weighted by Gasteiger charge is 2.20. The Bertz CT molecular complexity index is 3380. The minimum absolute atomic E-state index is 1.19. The summed E-state index contributed by atoms with van der Waals surface area (Å²) < 4.78 is 0. The van der Waals surface area contributed by atoms with Gasteiger partial charge in [-0.25, -0.2) is 0 Å². The summed E-state index contributed by atoms with van der Waals surface area (Å²) in [5.74, 6) is 0. The lowest BCUT2D eigenvalue weighted by Gasteiger charge is -2.20. The molecule has 0 spiro atoms. The van der Waals surface area contributed by atoms with E-state index in [1.165, 1.54) is 116 Å². The molecule has 0 aromatic heterocycles. The van der Waals surface area contributed by atoms with E-state index < -0.39 is 0 Å². The Morgan fingerprint density at radius 1 is 0.175 bits per heavy atom. The predicted octanol–water partition coefficient (Wildman–Crippen LogP) is 17.6. The summed E-state index contributed by atoms with van der Waals surface area (Å²) >= 11 is 0. The van der Waals surface area contributed by atoms with Gasteiger partial charge in [0.15, 0.2) is 0 Å². The van der Waals surface area contributed by atoms with Gasteiger partial charge in [-0.15, -0.1) is 0 Å². The molecule has 11 rings (SSSR count). The van der Waals surface area contributed by atoms with Crippen LogP contribution in [0.3, 0.4) is 0 Å². The van der Waals surface area contributed by atoms with E-state index in [2.05, 4.69) is 256 Å². The molecule has 0 fully saturated rings. The third kappa shape index (κ3) is 7.43. The van der Waals surface area contributed by atoms with Gasteiger partial charge >= 0.3 is 0 Å². The number of aryl methyl sites for hydroxylation is 1. The molecular weight excluding hydrogens is 757 g/mol. The highest BCUT2D eigenvalue weighted by Crippen LogP contribution is 2.47. The molecule has 0 heteroatoms. The Morgan fingerprint density at radius 3 is 0.794 bits per heavy atom. The zero-order valence-electron chi connectivity index (χ0n) is 35.2. The van der Waals surface area contributed by atoms with Gasteiger partial charge in [0, 0.05) is 0 Å². The smallest absolute Gasteiger partial charge is 0.00258 e. The SMILES string of the molecule is Cc1ccc2c(-c3cc(-c4ccccc4)cc(-c4ccc(-c5ccccc5)cc4)c3)c3ccccc3c(-c3cc(-c4ccccc4)cc(-c4ccc(-c5ccccc5)cc4)c3)c2c1. The number of hydrogen-bond acceptors (Lipinski definition) is 0. The summed E-state index contributed by atoms with van der Waals surface area (Å²) in [6.45, 7) is 2.21. The standard InChI is InChI=1S/C63H44/c1-43-26-35-60-61(36-43)63(57-40-53(47-22-12-5-13-23-47)38-55(42-57)51-33-29-49(30-34-51)45-18-8-3-9-19-45)59-25-15-14-24-58(59)62(60)56-39-52(46-20-10-4-11-21-46)37-54(41-56)50-31-27-48(28-32-50)44-16-6-2-7-17-44/h2-42H,1H3. The second-order valence-electron chi connectivity index (χ2n) is 16.6. The number of benzene rings is 11. The lowest BCUT2D eigenvalue weighted by Crippen LogP contribution is -1.94. The molecule has 0 unspecified atom stereocenters. The van der Waals surface area contributed by atoms with Crippen LogP contribution in [0.25, 0.3) is 111 Å². The Hall–Kier alpha value is -8.06. The van der Waals surface area contributed by atoms with Gasteiger partial charge in [-0.05, 0) is 154 Å². The van der Waals surface area contributed by atoms with E-state index in [-0.39, 0.29) is 0 Å². The Morgan fingerprint density at radius 2 is 0.429 bits per heavy atom. The van der Waals surface area contributed by atoms with Crippen molar-refractivity contribution in [3.05, 3.63) is 254 Å². The lowest BCUT2D eigenvalue weighted by molar-refractivity contribution is 1.50. The summed E-state index contributed by atoms with van der Waals surface area (Å²) in [6.07, 6.45) is 0. The van der Waals surface area contributed by atoms with Gasteiger partial charge in [-0.2, -0.15) is 0 Å². The molecule has 296 valence electrons. The average Bonchev–Trinajstić information content (AvgIpc) is 3.36. The van der Waals surface area contributed by atoms with Crippen LogP contribution in [0, 0.1) is 6.92 Å². The first-order valence-electron chi connectivity index (χ1n) is 21.8. The molecule has 11 aromatic carbocycles. The average molecular weight is 801 g/mol. The van der Waals surface area contributed by atoms with Crippen molar-refractivity contribution in [3.8, 4) is 89.0 Å². The molecule has 0 radical (unpaired) electrons. The fourth-order valence-electron chi connectivity index (χ4n) is 9.36. The minimum Gasteiger partial charge on any atom is -0.0622 e. The first-order chi connectivity index (χ1) is 31.1. The van der Waals surface area contributed by atoms with Gasteiger partial charge < -0.3 is 0 Å². The van der Waals surface area contributed by atoms with Crippen molar-refractivity contribution in [2.75, 3.05) is 0 Å². The van der Waals surface area contributed by atoms with Crippen molar-refractivity contribution in [1.29, 1.82) is 0 Å². The van der Waals surface area contributed by atoms with Crippen LogP contribution in [0.1, 0.15) is 5.56 Å². The highest BCUT2D eigenvalue weighted by molar-refractivity contribution is 6.22. The molecule has 11 aromatic rings. The zero-order valence-corrected chi connectivity index (χ0v) is 35.2. The van der Waals surface area contributed by atoms with Crippen LogP contribution < -0.4 is 0 Å². The van der Waals surface area contributed by atoms with E-state index >= 15 is 0 Å². The molecule has 0 nitrogen and oxygen atoms in total. The van der Waals surface area contributed by atoms with Crippen molar-refractivity contribution < 1.29 is 0 Å². The largest absolute Gasteiger partial charge is 0.0622 e. The van der Waals surface area contributed by atoms with E-state index in [4.69, 9.17) is 0 Å². The van der Waals surface area contributed by atoms with E-state index in [1.807, 2.05) is 0 Å². The van der Waals surface area contributed by atoms with Gasteiger partial charge in [0.25, 0.3) is 0 Å². The molecule has 63 heavy (non-hydrogen) atoms. The van der Waals surface area contributed by atoms with Gasteiger partial charge in [-0.1, -0.05) is 218 Å². The minimum atomic E-state index is 1.19. The number of rotatable bonds is 8. The molecule has 0 N–H and O–H groups in total. The molecule has 0 aliphatic carbocycles. The molecule has 0 heterocycles. The van der Waals surface area contributed by atoms with Crippen molar-refractivity contribution in [2.45, 2.75) is 6.92 Å². The Labute approximate surface area is 370 Å². The monoisotopic (exact) mass is 800 g/mol. The quantitative estimate of drug-likeness (QED) is 0.134. The maximum Gasteiger partial charge on any atom is -0.00258 e. The third-order valence-electron chi connectivity index (χ3n) is 12.5. The molecule has 0 saturated carbocycles. The Kier molecular flexibility index (Phi) is 9.88. The topological polar surface area (TPSA) is 0 Å². The van der Waals surface area contributed by atoms with E-state index in [0.717, 1.165) is 0 Å². The summed E-state index contributed by atoms with van der Waals surface area (Å²) in [6, 6.07) is 91.3. The Balaban J connectivity index is 1.13. The van der Waals surface area contributed by atoms with Crippen molar-refractivity contribution >= 4 is 21.5 Å². The van der Waals surface area contributed by atoms with Crippen LogP contribution in [0.15, 0.2) is 249 Å². The van der Waals surface area contributed by atoms with Crippen LogP contribution in [-0.2, 0) is 0 Å². The molecule has 0 amide bonds. The van der Waals surface area contributed by atoms with Crippen LogP contribution in [0.2, 0.25) is 0 Å². The molecule has 0 aliphatic heterocycles. The predicted molar refractivity (Wildman–Crippen MR) is 270 cm³/mol. The van der Waals surface area contributed by atoms with Gasteiger partial charge in [0.2, 0.25) is 0 Å². The second kappa shape index (κ2) is 16.4. The number of hydrogen-bond donors (Lipinski definition) is 0. The molecule has 0 bridgehead atoms. The highest BCUT2D eigenvalue weighted by atomic mass is 14.2. The first kappa shape index (κ1) is 37.9. The van der Waals surface area contributed by atoms with Gasteiger partial charge in [-0.3, -0.25) is 0 Å². The van der Waals surface area contributed by atoms with E-state index in [1.54, 1.807) is 0 Å². The fourth-order valence-corrected chi connectivity index (χ4v) is 9.36. The van der Waals surface area contributed by atoms with Crippen molar-refractivity contribution in [1.82, 2.24) is 0 Å². The maximum absolute atomic E-state index is 2.40. The zero-order chi connectivity index (χ0) is 42.1. The van der Waals surface area contributed by atoms with Crippen LogP contribution in [0.4, 0.5) is 0 Å². The summed E-state index contributed by atoms with van der Waals surface area (Å²) in [5.41, 5.74) is 20.6. The lowest BCUT2D eigenvalue weighted by atomic mass is 9.83. The van der Waals surface area contributed by atoms with E-state index in [9.17, 15) is 0 Å². The molecule has 0 atom stereocenters. The van der Waals surface area contributed by atoms with Gasteiger partial charge in [0.05, 0.1) is 0 Å². The molecule has 0 aliphatic rings. The van der Waals surface area contributed by atoms with Crippen LogP contribution in [0.5, 0.6) is 0 Å². The summed E-state index contributed by atoms with van der Waals surface area (Å²) in [5, 5.41) is 4.96. The first-order valence-corrected chi connectivity index (χ1v) is 21.8. The second-order valence-corrected chi connectivity index (χ2v) is 16.6. The summed E-state index contributed by atoms with van der Waals surface area (Å²) in [4.78, 5) is 0. The van der Waals surface area contributed by atoms with E-state index in [0.29, 0.717) is 0 Å². The third-order valence-corrected chi connectivity index (χ3v) is 12.5. The molecule has 0 saturated heterocycles. The van der Waals surface area contributed by atoms with Crippen LogP contribution in [-0.4, -0.2) is 0 Å².